The van der Waals surface area contributed by atoms with Gasteiger partial charge < -0.3 is 5.32 Å². The number of thioether (sulfide) groups is 1. The highest BCUT2D eigenvalue weighted by atomic mass is 35.5. The van der Waals surface area contributed by atoms with Crippen LogP contribution in [0.15, 0.2) is 34.2 Å². The Balaban J connectivity index is 1.73. The number of anilines is 1. The van der Waals surface area contributed by atoms with Crippen LogP contribution < -0.4 is 10.9 Å². The number of benzene rings is 1. The summed E-state index contributed by atoms with van der Waals surface area (Å²) in [6.07, 6.45) is 0.199. The summed E-state index contributed by atoms with van der Waals surface area (Å²) in [5, 5.41) is 4.25. The minimum atomic E-state index is -0.196. The summed E-state index contributed by atoms with van der Waals surface area (Å²) >= 11 is 13.3. The topological polar surface area (TPSA) is 64.0 Å². The lowest BCUT2D eigenvalue weighted by atomic mass is 10.2. The number of hydrogen-bond donors (Lipinski definition) is 1. The third-order valence-electron chi connectivity index (χ3n) is 3.44. The Morgan fingerprint density at radius 3 is 2.91 bits per heavy atom. The van der Waals surface area contributed by atoms with Crippen molar-refractivity contribution < 1.29 is 4.79 Å². The lowest BCUT2D eigenvalue weighted by Gasteiger charge is -2.13. The summed E-state index contributed by atoms with van der Waals surface area (Å²) in [4.78, 5) is 28.7. The van der Waals surface area contributed by atoms with E-state index >= 15 is 0 Å². The van der Waals surface area contributed by atoms with Crippen LogP contribution in [-0.2, 0) is 4.79 Å². The molecule has 2 aromatic rings. The van der Waals surface area contributed by atoms with E-state index in [9.17, 15) is 9.59 Å². The average molecular weight is 370 g/mol. The summed E-state index contributed by atoms with van der Waals surface area (Å²) in [5.41, 5.74) is 1.14. The second-order valence-electron chi connectivity index (χ2n) is 5.23. The van der Waals surface area contributed by atoms with Crippen molar-refractivity contribution in [2.45, 2.75) is 24.5 Å². The van der Waals surface area contributed by atoms with E-state index in [0.29, 0.717) is 32.3 Å². The van der Waals surface area contributed by atoms with Crippen LogP contribution >= 0.6 is 35.0 Å². The fraction of sp³-hybridized carbons (Fsp3) is 0.267. The molecule has 5 nitrogen and oxygen atoms in total. The Bertz CT molecular complexity index is 838. The quantitative estimate of drug-likeness (QED) is 0.840. The Hall–Kier alpha value is -1.50. The summed E-state index contributed by atoms with van der Waals surface area (Å²) < 4.78 is 1.59. The predicted molar refractivity (Wildman–Crippen MR) is 92.7 cm³/mol. The first kappa shape index (κ1) is 16.4. The van der Waals surface area contributed by atoms with Crippen LogP contribution in [0.5, 0.6) is 0 Å². The van der Waals surface area contributed by atoms with Gasteiger partial charge in [0.1, 0.15) is 0 Å². The van der Waals surface area contributed by atoms with E-state index in [1.807, 2.05) is 0 Å². The maximum atomic E-state index is 12.2. The largest absolute Gasteiger partial charge is 0.326 e. The maximum Gasteiger partial charge on any atom is 0.254 e. The molecule has 0 saturated carbocycles. The summed E-state index contributed by atoms with van der Waals surface area (Å²) in [6.45, 7) is 1.78. The van der Waals surface area contributed by atoms with E-state index in [0.717, 1.165) is 0 Å². The normalized spacial score (nSPS) is 16.2. The predicted octanol–water partition coefficient (Wildman–Crippen LogP) is 3.53. The zero-order chi connectivity index (χ0) is 16.6. The van der Waals surface area contributed by atoms with Gasteiger partial charge in [-0.15, -0.1) is 0 Å². The SMILES string of the molecule is Cc1cc(=O)n2c(n1)SCC2CC(=O)Nc1ccc(Cl)c(Cl)c1. The number of halogens is 2. The lowest BCUT2D eigenvalue weighted by molar-refractivity contribution is -0.116. The van der Waals surface area contributed by atoms with Crippen LogP contribution in [0.1, 0.15) is 18.2 Å². The number of nitrogens with zero attached hydrogens (tertiary/aromatic N) is 2. The zero-order valence-corrected chi connectivity index (χ0v) is 14.5. The lowest BCUT2D eigenvalue weighted by Crippen LogP contribution is -2.27. The van der Waals surface area contributed by atoms with Gasteiger partial charge in [0.15, 0.2) is 5.16 Å². The molecule has 0 fully saturated rings. The molecule has 1 atom stereocenters. The zero-order valence-electron chi connectivity index (χ0n) is 12.2. The number of rotatable bonds is 3. The van der Waals surface area contributed by atoms with Crippen LogP contribution in [-0.4, -0.2) is 21.2 Å². The molecule has 1 N–H and O–H groups in total. The van der Waals surface area contributed by atoms with Gasteiger partial charge in [0.05, 0.1) is 16.1 Å². The van der Waals surface area contributed by atoms with Crippen molar-refractivity contribution >= 4 is 46.6 Å². The number of carbonyl (C=O) groups is 1. The molecule has 0 aliphatic carbocycles. The van der Waals surface area contributed by atoms with E-state index in [2.05, 4.69) is 10.3 Å². The van der Waals surface area contributed by atoms with Gasteiger partial charge in [0.2, 0.25) is 5.91 Å². The van der Waals surface area contributed by atoms with Crippen molar-refractivity contribution in [2.24, 2.45) is 0 Å². The van der Waals surface area contributed by atoms with Gasteiger partial charge in [0, 0.05) is 29.6 Å². The van der Waals surface area contributed by atoms with Crippen molar-refractivity contribution in [1.82, 2.24) is 9.55 Å². The first-order chi connectivity index (χ1) is 10.9. The van der Waals surface area contributed by atoms with Crippen LogP contribution in [0, 0.1) is 6.92 Å². The molecular weight excluding hydrogens is 357 g/mol. The van der Waals surface area contributed by atoms with Crippen LogP contribution in [0.2, 0.25) is 10.0 Å². The van der Waals surface area contributed by atoms with Gasteiger partial charge >= 0.3 is 0 Å². The van der Waals surface area contributed by atoms with Gasteiger partial charge in [-0.25, -0.2) is 4.98 Å². The van der Waals surface area contributed by atoms with Crippen LogP contribution in [0.3, 0.4) is 0 Å². The smallest absolute Gasteiger partial charge is 0.254 e. The van der Waals surface area contributed by atoms with E-state index in [1.165, 1.54) is 17.8 Å². The number of carbonyl (C=O) groups excluding carboxylic acids is 1. The number of fused-ring (bicyclic) bond motifs is 1. The molecule has 1 aromatic heterocycles. The number of hydrogen-bond acceptors (Lipinski definition) is 4. The molecule has 8 heteroatoms. The van der Waals surface area contributed by atoms with Crippen molar-refractivity contribution in [3.05, 3.63) is 50.4 Å². The number of aromatic nitrogens is 2. The Morgan fingerprint density at radius 2 is 2.17 bits per heavy atom. The number of nitrogens with one attached hydrogen (secondary N) is 1. The summed E-state index contributed by atoms with van der Waals surface area (Å²) in [5.74, 6) is 0.467. The minimum absolute atomic E-state index is 0.121. The summed E-state index contributed by atoms with van der Waals surface area (Å²) in [6, 6.07) is 6.19. The molecule has 1 aromatic carbocycles. The summed E-state index contributed by atoms with van der Waals surface area (Å²) in [7, 11) is 0. The molecule has 120 valence electrons. The minimum Gasteiger partial charge on any atom is -0.326 e. The molecule has 0 bridgehead atoms. The van der Waals surface area contributed by atoms with Gasteiger partial charge in [-0.2, -0.15) is 0 Å². The Morgan fingerprint density at radius 1 is 1.39 bits per heavy atom. The van der Waals surface area contributed by atoms with E-state index in [-0.39, 0.29) is 23.9 Å². The molecule has 23 heavy (non-hydrogen) atoms. The first-order valence-electron chi connectivity index (χ1n) is 6.92. The van der Waals surface area contributed by atoms with E-state index in [1.54, 1.807) is 29.7 Å². The van der Waals surface area contributed by atoms with Gasteiger partial charge in [0.25, 0.3) is 5.56 Å². The fourth-order valence-corrected chi connectivity index (χ4v) is 3.91. The van der Waals surface area contributed by atoms with Crippen molar-refractivity contribution in [3.63, 3.8) is 0 Å². The van der Waals surface area contributed by atoms with Gasteiger partial charge in [-0.05, 0) is 25.1 Å². The second kappa shape index (κ2) is 6.55. The van der Waals surface area contributed by atoms with Crippen LogP contribution in [0.25, 0.3) is 0 Å². The monoisotopic (exact) mass is 369 g/mol. The fourth-order valence-electron chi connectivity index (χ4n) is 2.41. The van der Waals surface area contributed by atoms with Crippen LogP contribution in [0.4, 0.5) is 5.69 Å². The highest BCUT2D eigenvalue weighted by molar-refractivity contribution is 7.99. The highest BCUT2D eigenvalue weighted by Crippen LogP contribution is 2.32. The van der Waals surface area contributed by atoms with E-state index in [4.69, 9.17) is 23.2 Å². The van der Waals surface area contributed by atoms with Crippen molar-refractivity contribution in [1.29, 1.82) is 0 Å². The molecule has 1 aliphatic rings. The standard InChI is InChI=1S/C15H13Cl2N3O2S/c1-8-4-14(22)20-10(7-23-15(20)18-8)6-13(21)19-9-2-3-11(16)12(17)5-9/h2-5,10H,6-7H2,1H3,(H,19,21). The molecule has 0 spiro atoms. The molecule has 2 heterocycles. The number of amides is 1. The van der Waals surface area contributed by atoms with Crippen molar-refractivity contribution in [2.75, 3.05) is 11.1 Å². The Labute approximate surface area is 147 Å². The molecule has 1 aliphatic heterocycles. The molecule has 0 radical (unpaired) electrons. The van der Waals surface area contributed by atoms with Gasteiger partial charge in [-0.1, -0.05) is 35.0 Å². The third kappa shape index (κ3) is 3.54. The maximum absolute atomic E-state index is 12.2. The molecular formula is C15H13Cl2N3O2S. The van der Waals surface area contributed by atoms with Gasteiger partial charge in [-0.3, -0.25) is 14.2 Å². The highest BCUT2D eigenvalue weighted by Gasteiger charge is 2.27. The second-order valence-corrected chi connectivity index (χ2v) is 7.04. The molecule has 1 unspecified atom stereocenters. The molecule has 1 amide bonds. The molecule has 3 rings (SSSR count). The van der Waals surface area contributed by atoms with E-state index < -0.39 is 0 Å². The first-order valence-corrected chi connectivity index (χ1v) is 8.66. The van der Waals surface area contributed by atoms with Crippen molar-refractivity contribution in [3.8, 4) is 0 Å². The number of aryl methyl sites for hydroxylation is 1. The molecule has 0 saturated heterocycles. The Kier molecular flexibility index (Phi) is 4.66. The third-order valence-corrected chi connectivity index (χ3v) is 5.28. The average Bonchev–Trinajstić information content (AvgIpc) is 2.85.